The van der Waals surface area contributed by atoms with E-state index in [0.717, 1.165) is 32.1 Å². The van der Waals surface area contributed by atoms with Gasteiger partial charge in [-0.3, -0.25) is 0 Å². The van der Waals surface area contributed by atoms with E-state index < -0.39 is 11.6 Å². The normalized spacial score (nSPS) is 55.7. The minimum atomic E-state index is -0.395. The average Bonchev–Trinajstić information content (AvgIpc) is 2.44. The van der Waals surface area contributed by atoms with Crippen LogP contribution in [0.1, 0.15) is 66.2 Å². The maximum absolute atomic E-state index is 6.45. The molecule has 4 bridgehead atoms. The maximum atomic E-state index is 6.45. The number of ether oxygens (including phenoxy) is 3. The summed E-state index contributed by atoms with van der Waals surface area (Å²) in [6.07, 6.45) is 6.11. The first kappa shape index (κ1) is 14.3. The minimum Gasteiger partial charge on any atom is -0.318 e. The van der Waals surface area contributed by atoms with Crippen molar-refractivity contribution in [2.24, 2.45) is 0 Å². The van der Waals surface area contributed by atoms with E-state index in [0.29, 0.717) is 5.16 Å². The molecule has 3 atom stereocenters. The smallest absolute Gasteiger partial charge is 0.193 e. The monoisotopic (exact) mass is 286 g/mol. The summed E-state index contributed by atoms with van der Waals surface area (Å²) in [4.78, 5) is 0. The Hall–Kier alpha value is 0.310. The van der Waals surface area contributed by atoms with Crippen LogP contribution in [0.25, 0.3) is 0 Å². The third kappa shape index (κ3) is 1.65. The summed E-state index contributed by atoms with van der Waals surface area (Å²) >= 11 is 0. The van der Waals surface area contributed by atoms with E-state index in [4.69, 9.17) is 14.2 Å². The molecule has 3 unspecified atom stereocenters. The predicted molar refractivity (Wildman–Crippen MR) is 77.4 cm³/mol. The first-order chi connectivity index (χ1) is 8.93. The Kier molecular flexibility index (Phi) is 3.12. The van der Waals surface area contributed by atoms with Crippen LogP contribution in [0, 0.1) is 0 Å². The van der Waals surface area contributed by atoms with Crippen molar-refractivity contribution in [2.75, 3.05) is 6.66 Å². The zero-order chi connectivity index (χ0) is 13.9. The second-order valence-corrected chi connectivity index (χ2v) is 9.14. The summed E-state index contributed by atoms with van der Waals surface area (Å²) in [5.41, 5.74) is -0.369. The predicted octanol–water partition coefficient (Wildman–Crippen LogP) is 4.39. The van der Waals surface area contributed by atoms with Gasteiger partial charge in [0.1, 0.15) is 0 Å². The quantitative estimate of drug-likeness (QED) is 0.717. The van der Waals surface area contributed by atoms with Gasteiger partial charge in [0.2, 0.25) is 0 Å². The zero-order valence-corrected chi connectivity index (χ0v) is 13.8. The molecule has 0 aromatic rings. The van der Waals surface area contributed by atoms with E-state index in [-0.39, 0.29) is 13.4 Å². The molecule has 0 aromatic heterocycles. The van der Waals surface area contributed by atoms with E-state index in [9.17, 15) is 0 Å². The second kappa shape index (κ2) is 4.16. The van der Waals surface area contributed by atoms with Gasteiger partial charge in [0.15, 0.2) is 17.1 Å². The topological polar surface area (TPSA) is 27.7 Å². The lowest BCUT2D eigenvalue weighted by molar-refractivity contribution is -0.515. The van der Waals surface area contributed by atoms with Crippen molar-refractivity contribution in [3.8, 4) is 0 Å². The Morgan fingerprint density at radius 3 is 1.68 bits per heavy atom. The molecule has 0 aliphatic carbocycles. The lowest BCUT2D eigenvalue weighted by Crippen LogP contribution is -2.73. The van der Waals surface area contributed by atoms with Crippen molar-refractivity contribution in [1.82, 2.24) is 0 Å². The molecule has 4 fully saturated rings. The van der Waals surface area contributed by atoms with Gasteiger partial charge in [0, 0.05) is 24.4 Å². The summed E-state index contributed by atoms with van der Waals surface area (Å²) in [7, 11) is -0.294. The highest BCUT2D eigenvalue weighted by Crippen LogP contribution is 2.77. The van der Waals surface area contributed by atoms with E-state index in [1.807, 2.05) is 0 Å². The SMILES string of the molecule is CCC12CC3(CC)CC(CC)(O1)OC(CC)(O2)P3C. The van der Waals surface area contributed by atoms with E-state index in [2.05, 4.69) is 34.4 Å². The zero-order valence-electron chi connectivity index (χ0n) is 12.9. The van der Waals surface area contributed by atoms with E-state index in [1.165, 1.54) is 6.42 Å². The van der Waals surface area contributed by atoms with Gasteiger partial charge in [-0.05, 0) is 33.8 Å². The van der Waals surface area contributed by atoms with E-state index >= 15 is 0 Å². The molecule has 4 heteroatoms. The third-order valence-electron chi connectivity index (χ3n) is 5.66. The molecular weight excluding hydrogens is 259 g/mol. The van der Waals surface area contributed by atoms with E-state index in [1.54, 1.807) is 0 Å². The maximum Gasteiger partial charge on any atom is 0.193 e. The van der Waals surface area contributed by atoms with Crippen molar-refractivity contribution < 1.29 is 14.2 Å². The molecule has 4 rings (SSSR count). The van der Waals surface area contributed by atoms with Crippen molar-refractivity contribution in [3.05, 3.63) is 0 Å². The molecule has 19 heavy (non-hydrogen) atoms. The Morgan fingerprint density at radius 2 is 1.32 bits per heavy atom. The Bertz CT molecular complexity index is 336. The van der Waals surface area contributed by atoms with Crippen LogP contribution in [-0.2, 0) is 14.2 Å². The Morgan fingerprint density at radius 1 is 0.789 bits per heavy atom. The van der Waals surface area contributed by atoms with Gasteiger partial charge in [-0.2, -0.15) is 0 Å². The molecule has 0 N–H and O–H groups in total. The fourth-order valence-electron chi connectivity index (χ4n) is 4.34. The van der Waals surface area contributed by atoms with Crippen molar-refractivity contribution >= 4 is 7.92 Å². The lowest BCUT2D eigenvalue weighted by Gasteiger charge is -2.71. The van der Waals surface area contributed by atoms with Crippen LogP contribution in [0.15, 0.2) is 0 Å². The van der Waals surface area contributed by atoms with Crippen LogP contribution in [0.4, 0.5) is 0 Å². The third-order valence-corrected chi connectivity index (χ3v) is 9.24. The average molecular weight is 286 g/mol. The standard InChI is InChI=1S/C15H27O3P/c1-6-12-10-13(7-2)16-14(8-3,11-12)18-15(9-4,17-13)19(12)5/h6-11H2,1-5H3. The fourth-order valence-corrected chi connectivity index (χ4v) is 7.57. The molecule has 3 nitrogen and oxygen atoms in total. The van der Waals surface area contributed by atoms with Crippen LogP contribution < -0.4 is 0 Å². The highest BCUT2D eigenvalue weighted by Gasteiger charge is 2.72. The Labute approximate surface area is 118 Å². The van der Waals surface area contributed by atoms with Crippen LogP contribution >= 0.6 is 7.92 Å². The van der Waals surface area contributed by atoms with Crippen LogP contribution in [0.3, 0.4) is 0 Å². The summed E-state index contributed by atoms with van der Waals surface area (Å²) < 4.78 is 19.3. The van der Waals surface area contributed by atoms with Gasteiger partial charge in [-0.1, -0.05) is 27.7 Å². The van der Waals surface area contributed by atoms with Crippen LogP contribution in [0.2, 0.25) is 0 Å². The van der Waals surface area contributed by atoms with Gasteiger partial charge in [0.05, 0.1) is 0 Å². The highest BCUT2D eigenvalue weighted by atomic mass is 31.1. The van der Waals surface area contributed by atoms with Crippen molar-refractivity contribution in [3.63, 3.8) is 0 Å². The number of hydrogen-bond acceptors (Lipinski definition) is 3. The van der Waals surface area contributed by atoms with Gasteiger partial charge in [-0.15, -0.1) is 0 Å². The molecular formula is C15H27O3P. The van der Waals surface area contributed by atoms with Crippen LogP contribution in [-0.4, -0.2) is 28.9 Å². The molecule has 4 heterocycles. The first-order valence-electron chi connectivity index (χ1n) is 7.78. The molecule has 4 saturated heterocycles. The summed E-state index contributed by atoms with van der Waals surface area (Å²) in [6, 6.07) is 0. The van der Waals surface area contributed by atoms with Gasteiger partial charge in [-0.25, -0.2) is 0 Å². The van der Waals surface area contributed by atoms with Gasteiger partial charge >= 0.3 is 0 Å². The molecule has 110 valence electrons. The first-order valence-corrected chi connectivity index (χ1v) is 9.56. The number of hydrogen-bond donors (Lipinski definition) is 0. The summed E-state index contributed by atoms with van der Waals surface area (Å²) in [5.74, 6) is -0.791. The molecule has 0 aromatic carbocycles. The molecule has 4 aliphatic heterocycles. The Balaban J connectivity index is 2.12. The molecule has 0 spiro atoms. The fraction of sp³-hybridized carbons (Fsp3) is 1.00. The van der Waals surface area contributed by atoms with Crippen molar-refractivity contribution in [2.45, 2.75) is 88.5 Å². The second-order valence-electron chi connectivity index (χ2n) is 6.39. The lowest BCUT2D eigenvalue weighted by atomic mass is 9.81. The van der Waals surface area contributed by atoms with Crippen LogP contribution in [0.5, 0.6) is 0 Å². The van der Waals surface area contributed by atoms with Crippen molar-refractivity contribution in [1.29, 1.82) is 0 Å². The molecule has 4 aliphatic rings. The minimum absolute atomic E-state index is 0.294. The summed E-state index contributed by atoms with van der Waals surface area (Å²) in [5, 5.41) is 0.381. The van der Waals surface area contributed by atoms with Gasteiger partial charge in [0.25, 0.3) is 0 Å². The largest absolute Gasteiger partial charge is 0.318 e. The van der Waals surface area contributed by atoms with Gasteiger partial charge < -0.3 is 14.2 Å². The molecule has 0 saturated carbocycles. The highest BCUT2D eigenvalue weighted by molar-refractivity contribution is 7.60. The number of rotatable bonds is 4. The molecule has 0 radical (unpaired) electrons. The molecule has 0 amide bonds. The summed E-state index contributed by atoms with van der Waals surface area (Å²) in [6.45, 7) is 11.3.